The summed E-state index contributed by atoms with van der Waals surface area (Å²) in [6, 6.07) is 6.65. The molecule has 21 heavy (non-hydrogen) atoms. The lowest BCUT2D eigenvalue weighted by atomic mass is 9.87. The zero-order chi connectivity index (χ0) is 15.7. The van der Waals surface area contributed by atoms with E-state index in [2.05, 4.69) is 26.1 Å². The summed E-state index contributed by atoms with van der Waals surface area (Å²) in [7, 11) is -3.55. The van der Waals surface area contributed by atoms with Crippen LogP contribution in [0.1, 0.15) is 26.3 Å². The Morgan fingerprint density at radius 1 is 1.29 bits per heavy atom. The van der Waals surface area contributed by atoms with Gasteiger partial charge in [0, 0.05) is 19.6 Å². The molecule has 1 aromatic carbocycles. The quantitative estimate of drug-likeness (QED) is 0.871. The van der Waals surface area contributed by atoms with Gasteiger partial charge >= 0.3 is 0 Å². The lowest BCUT2D eigenvalue weighted by molar-refractivity contribution is 0.165. The first-order valence-electron chi connectivity index (χ1n) is 7.21. The van der Waals surface area contributed by atoms with Crippen molar-refractivity contribution in [1.29, 1.82) is 0 Å². The lowest BCUT2D eigenvalue weighted by Gasteiger charge is -2.34. The summed E-state index contributed by atoms with van der Waals surface area (Å²) in [4.78, 5) is 0.288. The van der Waals surface area contributed by atoms with Crippen LogP contribution in [-0.2, 0) is 15.4 Å². The van der Waals surface area contributed by atoms with E-state index in [0.717, 1.165) is 5.56 Å². The van der Waals surface area contributed by atoms with Crippen molar-refractivity contribution in [2.24, 2.45) is 0 Å². The van der Waals surface area contributed by atoms with Crippen molar-refractivity contribution >= 4 is 10.0 Å². The Morgan fingerprint density at radius 2 is 1.90 bits per heavy atom. The van der Waals surface area contributed by atoms with E-state index in [1.165, 1.54) is 4.31 Å². The molecule has 0 bridgehead atoms. The number of aliphatic hydroxyl groups excluding tert-OH is 1. The van der Waals surface area contributed by atoms with Crippen LogP contribution in [0.2, 0.25) is 0 Å². The summed E-state index contributed by atoms with van der Waals surface area (Å²) >= 11 is 0. The minimum absolute atomic E-state index is 0.00896. The number of aliphatic hydroxyl groups is 1. The van der Waals surface area contributed by atoms with Crippen molar-refractivity contribution in [3.63, 3.8) is 0 Å². The highest BCUT2D eigenvalue weighted by Gasteiger charge is 2.33. The maximum atomic E-state index is 12.7. The maximum Gasteiger partial charge on any atom is 0.243 e. The van der Waals surface area contributed by atoms with Crippen molar-refractivity contribution in [1.82, 2.24) is 9.62 Å². The van der Waals surface area contributed by atoms with Crippen LogP contribution < -0.4 is 5.32 Å². The van der Waals surface area contributed by atoms with Gasteiger partial charge in [-0.2, -0.15) is 4.31 Å². The van der Waals surface area contributed by atoms with Crippen LogP contribution in [0.25, 0.3) is 0 Å². The first-order valence-corrected chi connectivity index (χ1v) is 8.65. The van der Waals surface area contributed by atoms with Crippen molar-refractivity contribution in [2.45, 2.75) is 37.1 Å². The average Bonchev–Trinajstić information content (AvgIpc) is 2.46. The molecule has 1 saturated heterocycles. The second kappa shape index (κ2) is 6.04. The number of benzene rings is 1. The van der Waals surface area contributed by atoms with Gasteiger partial charge in [-0.25, -0.2) is 8.42 Å². The van der Waals surface area contributed by atoms with E-state index in [4.69, 9.17) is 0 Å². The number of nitrogens with zero attached hydrogens (tertiary/aromatic N) is 1. The largest absolute Gasteiger partial charge is 0.395 e. The SMILES string of the molecule is CC(C)(C)c1ccc(S(=O)(=O)N2CCNCC2CO)cc1. The van der Waals surface area contributed by atoms with Gasteiger partial charge in [0.2, 0.25) is 10.0 Å². The summed E-state index contributed by atoms with van der Waals surface area (Å²) in [6.07, 6.45) is 0. The van der Waals surface area contributed by atoms with Crippen molar-refractivity contribution in [3.05, 3.63) is 29.8 Å². The predicted octanol–water partition coefficient (Wildman–Crippen LogP) is 0.939. The van der Waals surface area contributed by atoms with E-state index in [-0.39, 0.29) is 16.9 Å². The molecule has 1 heterocycles. The van der Waals surface area contributed by atoms with Crippen LogP contribution in [-0.4, -0.2) is 50.1 Å². The fraction of sp³-hybridized carbons (Fsp3) is 0.600. The molecular formula is C15H24N2O3S. The van der Waals surface area contributed by atoms with E-state index >= 15 is 0 Å². The van der Waals surface area contributed by atoms with Gasteiger partial charge in [0.05, 0.1) is 17.5 Å². The standard InChI is InChI=1S/C15H24N2O3S/c1-15(2,3)12-4-6-14(7-5-12)21(19,20)17-9-8-16-10-13(17)11-18/h4-7,13,16,18H,8-11H2,1-3H3. The lowest BCUT2D eigenvalue weighted by Crippen LogP contribution is -2.54. The molecule has 1 aliphatic rings. The molecule has 1 aliphatic heterocycles. The average molecular weight is 312 g/mol. The Kier molecular flexibility index (Phi) is 4.72. The normalized spacial score (nSPS) is 21.4. The molecule has 1 fully saturated rings. The zero-order valence-electron chi connectivity index (χ0n) is 12.8. The van der Waals surface area contributed by atoms with Gasteiger partial charge in [-0.15, -0.1) is 0 Å². The number of rotatable bonds is 3. The van der Waals surface area contributed by atoms with Crippen LogP contribution in [0.4, 0.5) is 0 Å². The highest BCUT2D eigenvalue weighted by atomic mass is 32.2. The van der Waals surface area contributed by atoms with E-state index < -0.39 is 16.1 Å². The number of piperazine rings is 1. The van der Waals surface area contributed by atoms with Gasteiger partial charge in [0.1, 0.15) is 0 Å². The molecule has 1 aromatic rings. The number of hydrogen-bond donors (Lipinski definition) is 2. The second-order valence-corrected chi connectivity index (χ2v) is 8.32. The van der Waals surface area contributed by atoms with Gasteiger partial charge in [-0.1, -0.05) is 32.9 Å². The van der Waals surface area contributed by atoms with E-state index in [1.54, 1.807) is 12.1 Å². The summed E-state index contributed by atoms with van der Waals surface area (Å²) in [6.45, 7) is 7.57. The molecule has 2 rings (SSSR count). The van der Waals surface area contributed by atoms with E-state index in [1.807, 2.05) is 12.1 Å². The van der Waals surface area contributed by atoms with Crippen molar-refractivity contribution in [3.8, 4) is 0 Å². The Bertz CT molecular complexity index is 576. The van der Waals surface area contributed by atoms with Crippen LogP contribution in [0.15, 0.2) is 29.2 Å². The van der Waals surface area contributed by atoms with Crippen LogP contribution >= 0.6 is 0 Å². The Morgan fingerprint density at radius 3 is 2.43 bits per heavy atom. The molecule has 0 aliphatic carbocycles. The highest BCUT2D eigenvalue weighted by molar-refractivity contribution is 7.89. The van der Waals surface area contributed by atoms with Gasteiger partial charge in [-0.05, 0) is 23.1 Å². The van der Waals surface area contributed by atoms with Crippen molar-refractivity contribution in [2.75, 3.05) is 26.2 Å². The smallest absolute Gasteiger partial charge is 0.243 e. The van der Waals surface area contributed by atoms with Crippen LogP contribution in [0.3, 0.4) is 0 Å². The highest BCUT2D eigenvalue weighted by Crippen LogP contribution is 2.25. The molecule has 6 heteroatoms. The molecule has 1 unspecified atom stereocenters. The van der Waals surface area contributed by atoms with Crippen molar-refractivity contribution < 1.29 is 13.5 Å². The Hall–Kier alpha value is -0.950. The fourth-order valence-corrected chi connectivity index (χ4v) is 4.09. The molecule has 0 amide bonds. The molecule has 1 atom stereocenters. The van der Waals surface area contributed by atoms with Gasteiger partial charge in [0.25, 0.3) is 0 Å². The topological polar surface area (TPSA) is 69.6 Å². The molecule has 0 saturated carbocycles. The predicted molar refractivity (Wildman–Crippen MR) is 82.8 cm³/mol. The Balaban J connectivity index is 2.31. The summed E-state index contributed by atoms with van der Waals surface area (Å²) in [5.74, 6) is 0. The molecule has 0 spiro atoms. The van der Waals surface area contributed by atoms with E-state index in [0.29, 0.717) is 19.6 Å². The first kappa shape index (κ1) is 16.4. The molecule has 0 aromatic heterocycles. The third-order valence-electron chi connectivity index (χ3n) is 3.83. The minimum Gasteiger partial charge on any atom is -0.395 e. The fourth-order valence-electron chi connectivity index (χ4n) is 2.48. The number of sulfonamides is 1. The Labute approximate surface area is 127 Å². The third-order valence-corrected chi connectivity index (χ3v) is 5.80. The number of hydrogen-bond acceptors (Lipinski definition) is 4. The summed E-state index contributed by atoms with van der Waals surface area (Å²) in [5, 5.41) is 12.5. The van der Waals surface area contributed by atoms with E-state index in [9.17, 15) is 13.5 Å². The minimum atomic E-state index is -3.55. The monoisotopic (exact) mass is 312 g/mol. The third kappa shape index (κ3) is 3.45. The zero-order valence-corrected chi connectivity index (χ0v) is 13.7. The van der Waals surface area contributed by atoms with Gasteiger partial charge < -0.3 is 10.4 Å². The maximum absolute atomic E-state index is 12.7. The number of nitrogens with one attached hydrogen (secondary N) is 1. The molecular weight excluding hydrogens is 288 g/mol. The van der Waals surface area contributed by atoms with Crippen LogP contribution in [0, 0.1) is 0 Å². The summed E-state index contributed by atoms with van der Waals surface area (Å²) < 4.78 is 26.8. The van der Waals surface area contributed by atoms with Gasteiger partial charge in [0.15, 0.2) is 0 Å². The molecule has 5 nitrogen and oxygen atoms in total. The van der Waals surface area contributed by atoms with Crippen LogP contribution in [0.5, 0.6) is 0 Å². The first-order chi connectivity index (χ1) is 9.76. The van der Waals surface area contributed by atoms with Gasteiger partial charge in [-0.3, -0.25) is 0 Å². The summed E-state index contributed by atoms with van der Waals surface area (Å²) in [5.41, 5.74) is 1.09. The second-order valence-electron chi connectivity index (χ2n) is 6.43. The molecule has 2 N–H and O–H groups in total. The molecule has 0 radical (unpaired) electrons. The molecule has 118 valence electrons.